The van der Waals surface area contributed by atoms with Crippen molar-refractivity contribution in [1.29, 1.82) is 0 Å². The molecule has 0 saturated carbocycles. The monoisotopic (exact) mass is 130 g/mol. The third-order valence-electron chi connectivity index (χ3n) is 1.15. The van der Waals surface area contributed by atoms with Crippen molar-refractivity contribution >= 4 is 0 Å². The molecule has 1 N–H and O–H groups in total. The highest BCUT2D eigenvalue weighted by Gasteiger charge is 2.11. The van der Waals surface area contributed by atoms with Crippen molar-refractivity contribution in [3.05, 3.63) is 12.2 Å². The van der Waals surface area contributed by atoms with Gasteiger partial charge in [-0.25, -0.2) is 0 Å². The molecule has 1 aliphatic rings. The zero-order valence-electron chi connectivity index (χ0n) is 5.28. The largest absolute Gasteiger partial charge is 0.387 e. The summed E-state index contributed by atoms with van der Waals surface area (Å²) in [4.78, 5) is 0. The zero-order valence-corrected chi connectivity index (χ0v) is 5.28. The second-order valence-electron chi connectivity index (χ2n) is 1.89. The highest BCUT2D eigenvalue weighted by atomic mass is 16.7. The number of rotatable bonds is 1. The predicted molar refractivity (Wildman–Crippen MR) is 31.9 cm³/mol. The van der Waals surface area contributed by atoms with E-state index in [0.717, 1.165) is 0 Å². The minimum Gasteiger partial charge on any atom is -0.387 e. The van der Waals surface area contributed by atoms with Crippen molar-refractivity contribution < 1.29 is 14.6 Å². The fourth-order valence-electron chi connectivity index (χ4n) is 0.670. The molecule has 0 aromatic carbocycles. The Hall–Kier alpha value is -0.380. The van der Waals surface area contributed by atoms with Crippen LogP contribution in [0, 0.1) is 0 Å². The Morgan fingerprint density at radius 3 is 2.89 bits per heavy atom. The van der Waals surface area contributed by atoms with Crippen LogP contribution in [0.3, 0.4) is 0 Å². The van der Waals surface area contributed by atoms with E-state index in [2.05, 4.69) is 0 Å². The third-order valence-corrected chi connectivity index (χ3v) is 1.15. The Bertz CT molecular complexity index is 111. The summed E-state index contributed by atoms with van der Waals surface area (Å²) in [6.07, 6.45) is 2.62. The first-order valence-electron chi connectivity index (χ1n) is 2.83. The lowest BCUT2D eigenvalue weighted by Gasteiger charge is -2.18. The molecule has 0 amide bonds. The molecule has 0 saturated heterocycles. The van der Waals surface area contributed by atoms with Crippen LogP contribution in [0.2, 0.25) is 0 Å². The SMILES string of the molecule is CO[C@@H]1C=C[C@H](O)CO1. The topological polar surface area (TPSA) is 38.7 Å². The van der Waals surface area contributed by atoms with Gasteiger partial charge in [-0.15, -0.1) is 0 Å². The minimum atomic E-state index is -0.462. The summed E-state index contributed by atoms with van der Waals surface area (Å²) in [5.41, 5.74) is 0. The molecule has 0 radical (unpaired) electrons. The van der Waals surface area contributed by atoms with Gasteiger partial charge in [0.2, 0.25) is 0 Å². The molecule has 1 rings (SSSR count). The van der Waals surface area contributed by atoms with Crippen molar-refractivity contribution in [3.8, 4) is 0 Å². The maximum absolute atomic E-state index is 8.86. The average Bonchev–Trinajstić information content (AvgIpc) is 1.90. The third kappa shape index (κ3) is 1.78. The average molecular weight is 130 g/mol. The number of ether oxygens (including phenoxy) is 2. The van der Waals surface area contributed by atoms with Crippen LogP contribution in [-0.4, -0.2) is 31.2 Å². The molecule has 1 aliphatic heterocycles. The van der Waals surface area contributed by atoms with Gasteiger partial charge in [-0.2, -0.15) is 0 Å². The van der Waals surface area contributed by atoms with Gasteiger partial charge in [0.15, 0.2) is 6.29 Å². The van der Waals surface area contributed by atoms with Crippen LogP contribution in [0.25, 0.3) is 0 Å². The van der Waals surface area contributed by atoms with E-state index in [1.54, 1.807) is 19.3 Å². The molecule has 2 atom stereocenters. The summed E-state index contributed by atoms with van der Waals surface area (Å²) in [6, 6.07) is 0. The van der Waals surface area contributed by atoms with E-state index in [4.69, 9.17) is 14.6 Å². The molecule has 52 valence electrons. The van der Waals surface area contributed by atoms with Crippen LogP contribution in [0.15, 0.2) is 12.2 Å². The number of aliphatic hydroxyl groups excluding tert-OH is 1. The van der Waals surface area contributed by atoms with Crippen molar-refractivity contribution in [1.82, 2.24) is 0 Å². The van der Waals surface area contributed by atoms with E-state index in [-0.39, 0.29) is 6.29 Å². The van der Waals surface area contributed by atoms with Crippen LogP contribution in [0.4, 0.5) is 0 Å². The highest BCUT2D eigenvalue weighted by molar-refractivity contribution is 4.94. The van der Waals surface area contributed by atoms with Crippen molar-refractivity contribution in [2.45, 2.75) is 12.4 Å². The molecule has 9 heavy (non-hydrogen) atoms. The maximum Gasteiger partial charge on any atom is 0.176 e. The Kier molecular flexibility index (Phi) is 2.22. The summed E-state index contributed by atoms with van der Waals surface area (Å²) < 4.78 is 9.80. The molecule has 0 aromatic heterocycles. The molecule has 3 nitrogen and oxygen atoms in total. The van der Waals surface area contributed by atoms with Gasteiger partial charge in [0.05, 0.1) is 12.7 Å². The molecule has 0 bridgehead atoms. The molecule has 1 heterocycles. The maximum atomic E-state index is 8.86. The van der Waals surface area contributed by atoms with E-state index in [0.29, 0.717) is 6.61 Å². The lowest BCUT2D eigenvalue weighted by Crippen LogP contribution is -2.25. The normalized spacial score (nSPS) is 34.9. The van der Waals surface area contributed by atoms with E-state index < -0.39 is 6.10 Å². The Labute approximate surface area is 53.9 Å². The smallest absolute Gasteiger partial charge is 0.176 e. The summed E-state index contributed by atoms with van der Waals surface area (Å²) in [5.74, 6) is 0. The van der Waals surface area contributed by atoms with Gasteiger partial charge in [-0.1, -0.05) is 6.08 Å². The number of methoxy groups -OCH3 is 1. The molecule has 3 heteroatoms. The highest BCUT2D eigenvalue weighted by Crippen LogP contribution is 2.04. The van der Waals surface area contributed by atoms with E-state index in [1.165, 1.54) is 0 Å². The van der Waals surface area contributed by atoms with Crippen molar-refractivity contribution in [2.75, 3.05) is 13.7 Å². The number of hydrogen-bond acceptors (Lipinski definition) is 3. The van der Waals surface area contributed by atoms with Gasteiger partial charge in [0.25, 0.3) is 0 Å². The Morgan fingerprint density at radius 1 is 1.67 bits per heavy atom. The van der Waals surface area contributed by atoms with Crippen molar-refractivity contribution in [3.63, 3.8) is 0 Å². The lowest BCUT2D eigenvalue weighted by atomic mass is 10.3. The predicted octanol–water partition coefficient (Wildman–Crippen LogP) is -0.0938. The zero-order chi connectivity index (χ0) is 6.69. The molecular formula is C6H10O3. The van der Waals surface area contributed by atoms with Crippen LogP contribution >= 0.6 is 0 Å². The van der Waals surface area contributed by atoms with Gasteiger partial charge >= 0.3 is 0 Å². The van der Waals surface area contributed by atoms with Crippen molar-refractivity contribution in [2.24, 2.45) is 0 Å². The first kappa shape index (κ1) is 6.74. The van der Waals surface area contributed by atoms with Crippen LogP contribution in [0.1, 0.15) is 0 Å². The minimum absolute atomic E-state index is 0.270. The number of hydrogen-bond donors (Lipinski definition) is 1. The summed E-state index contributed by atoms with van der Waals surface area (Å²) in [7, 11) is 1.56. The fraction of sp³-hybridized carbons (Fsp3) is 0.667. The molecule has 0 unspecified atom stereocenters. The van der Waals surface area contributed by atoms with Gasteiger partial charge in [-0.3, -0.25) is 0 Å². The van der Waals surface area contributed by atoms with Crippen LogP contribution < -0.4 is 0 Å². The standard InChI is InChI=1S/C6H10O3/c1-8-6-3-2-5(7)4-9-6/h2-3,5-7H,4H2,1H3/t5-,6-/m0/s1. The number of aliphatic hydroxyl groups is 1. The fourth-order valence-corrected chi connectivity index (χ4v) is 0.670. The summed E-state index contributed by atoms with van der Waals surface area (Å²) in [5, 5.41) is 8.86. The van der Waals surface area contributed by atoms with E-state index >= 15 is 0 Å². The van der Waals surface area contributed by atoms with Gasteiger partial charge in [0, 0.05) is 7.11 Å². The van der Waals surface area contributed by atoms with Gasteiger partial charge in [-0.05, 0) is 6.08 Å². The van der Waals surface area contributed by atoms with E-state index in [1.807, 2.05) is 0 Å². The van der Waals surface area contributed by atoms with Gasteiger partial charge < -0.3 is 14.6 Å². The van der Waals surface area contributed by atoms with Gasteiger partial charge in [0.1, 0.15) is 0 Å². The first-order valence-corrected chi connectivity index (χ1v) is 2.83. The lowest BCUT2D eigenvalue weighted by molar-refractivity contribution is -0.115. The second-order valence-corrected chi connectivity index (χ2v) is 1.89. The summed E-state index contributed by atoms with van der Waals surface area (Å²) >= 11 is 0. The molecule has 0 aromatic rings. The van der Waals surface area contributed by atoms with Crippen LogP contribution in [-0.2, 0) is 9.47 Å². The first-order chi connectivity index (χ1) is 4.33. The summed E-state index contributed by atoms with van der Waals surface area (Å²) in [6.45, 7) is 0.328. The van der Waals surface area contributed by atoms with E-state index in [9.17, 15) is 0 Å². The molecule has 0 aliphatic carbocycles. The Morgan fingerprint density at radius 2 is 2.44 bits per heavy atom. The second kappa shape index (κ2) is 2.96. The molecule has 0 fully saturated rings. The molecule has 0 spiro atoms. The molecular weight excluding hydrogens is 120 g/mol. The quantitative estimate of drug-likeness (QED) is 0.504. The Balaban J connectivity index is 2.38. The van der Waals surface area contributed by atoms with Crippen LogP contribution in [0.5, 0.6) is 0 Å².